The molecule has 1 aliphatic carbocycles. The molecule has 2 heteroatoms. The third kappa shape index (κ3) is 2.12. The Hall–Kier alpha value is -0.890. The van der Waals surface area contributed by atoms with Crippen molar-refractivity contribution < 1.29 is 9.50 Å². The lowest BCUT2D eigenvalue weighted by Crippen LogP contribution is -2.10. The summed E-state index contributed by atoms with van der Waals surface area (Å²) in [5.41, 5.74) is 2.14. The van der Waals surface area contributed by atoms with Crippen LogP contribution >= 0.6 is 0 Å². The average molecular weight is 222 g/mol. The van der Waals surface area contributed by atoms with E-state index in [2.05, 4.69) is 0 Å². The number of hydrogen-bond acceptors (Lipinski definition) is 1. The first-order chi connectivity index (χ1) is 7.59. The van der Waals surface area contributed by atoms with Gasteiger partial charge in [-0.1, -0.05) is 25.0 Å². The molecule has 1 unspecified atom stereocenters. The molecule has 88 valence electrons. The van der Waals surface area contributed by atoms with E-state index in [1.807, 2.05) is 0 Å². The molecule has 1 saturated carbocycles. The molecule has 1 N–H and O–H groups in total. The highest BCUT2D eigenvalue weighted by atomic mass is 19.1. The zero-order valence-corrected chi connectivity index (χ0v) is 9.96. The molecule has 0 bridgehead atoms. The smallest absolute Gasteiger partial charge is 0.129 e. The first-order valence-corrected chi connectivity index (χ1v) is 6.04. The van der Waals surface area contributed by atoms with Gasteiger partial charge in [0.2, 0.25) is 0 Å². The number of halogens is 1. The predicted octanol–water partition coefficient (Wildman–Crippen LogP) is 3.67. The summed E-state index contributed by atoms with van der Waals surface area (Å²) in [5, 5.41) is 10.2. The van der Waals surface area contributed by atoms with E-state index in [-0.39, 0.29) is 5.82 Å². The maximum Gasteiger partial charge on any atom is 0.129 e. The number of aliphatic hydroxyl groups is 1. The van der Waals surface area contributed by atoms with Gasteiger partial charge >= 0.3 is 0 Å². The summed E-state index contributed by atoms with van der Waals surface area (Å²) >= 11 is 0. The fourth-order valence-electron chi connectivity index (χ4n) is 2.70. The molecule has 1 atom stereocenters. The van der Waals surface area contributed by atoms with Gasteiger partial charge in [-0.15, -0.1) is 0 Å². The minimum absolute atomic E-state index is 0.151. The Bertz CT molecular complexity index is 357. The van der Waals surface area contributed by atoms with E-state index in [0.717, 1.165) is 18.4 Å². The normalized spacial score (nSPS) is 19.0. The molecule has 0 saturated heterocycles. The fraction of sp³-hybridized carbons (Fsp3) is 0.571. The molecule has 0 aliphatic heterocycles. The summed E-state index contributed by atoms with van der Waals surface area (Å²) in [5.74, 6) is 0.214. The average Bonchev–Trinajstić information content (AvgIpc) is 2.77. The van der Waals surface area contributed by atoms with Gasteiger partial charge in [0.25, 0.3) is 0 Å². The molecule has 1 aliphatic rings. The molecule has 0 amide bonds. The summed E-state index contributed by atoms with van der Waals surface area (Å²) < 4.78 is 13.5. The van der Waals surface area contributed by atoms with Crippen LogP contribution in [-0.4, -0.2) is 5.11 Å². The third-order valence-electron chi connectivity index (χ3n) is 3.65. The van der Waals surface area contributed by atoms with Crippen molar-refractivity contribution in [1.29, 1.82) is 0 Å². The second kappa shape index (κ2) is 4.54. The van der Waals surface area contributed by atoms with Crippen LogP contribution < -0.4 is 0 Å². The van der Waals surface area contributed by atoms with Crippen LogP contribution in [0, 0.1) is 25.6 Å². The molecule has 0 radical (unpaired) electrons. The Balaban J connectivity index is 2.26. The molecule has 0 heterocycles. The van der Waals surface area contributed by atoms with Gasteiger partial charge in [0.15, 0.2) is 0 Å². The minimum Gasteiger partial charge on any atom is -0.388 e. The van der Waals surface area contributed by atoms with Gasteiger partial charge in [-0.3, -0.25) is 0 Å². The van der Waals surface area contributed by atoms with Crippen LogP contribution in [0.2, 0.25) is 0 Å². The first kappa shape index (κ1) is 11.6. The van der Waals surface area contributed by atoms with Gasteiger partial charge in [-0.2, -0.15) is 0 Å². The fourth-order valence-corrected chi connectivity index (χ4v) is 2.70. The van der Waals surface area contributed by atoms with Crippen molar-refractivity contribution in [2.45, 2.75) is 45.6 Å². The van der Waals surface area contributed by atoms with Crippen LogP contribution in [0.4, 0.5) is 4.39 Å². The van der Waals surface area contributed by atoms with Crippen LogP contribution in [0.15, 0.2) is 12.1 Å². The van der Waals surface area contributed by atoms with Crippen molar-refractivity contribution in [1.82, 2.24) is 0 Å². The van der Waals surface area contributed by atoms with Crippen molar-refractivity contribution in [3.63, 3.8) is 0 Å². The van der Waals surface area contributed by atoms with E-state index in [9.17, 15) is 9.50 Å². The molecule has 16 heavy (non-hydrogen) atoms. The number of rotatable bonds is 2. The number of aryl methyl sites for hydroxylation is 2. The quantitative estimate of drug-likeness (QED) is 0.809. The van der Waals surface area contributed by atoms with Gasteiger partial charge in [0, 0.05) is 0 Å². The summed E-state index contributed by atoms with van der Waals surface area (Å²) in [7, 11) is 0. The highest BCUT2D eigenvalue weighted by molar-refractivity contribution is 5.32. The van der Waals surface area contributed by atoms with Crippen molar-refractivity contribution in [3.05, 3.63) is 34.6 Å². The summed E-state index contributed by atoms with van der Waals surface area (Å²) in [4.78, 5) is 0. The molecule has 1 aromatic carbocycles. The van der Waals surface area contributed by atoms with E-state index in [4.69, 9.17) is 0 Å². The van der Waals surface area contributed by atoms with Crippen molar-refractivity contribution in [2.24, 2.45) is 5.92 Å². The molecule has 0 aromatic heterocycles. The highest BCUT2D eigenvalue weighted by Crippen LogP contribution is 2.36. The summed E-state index contributed by atoms with van der Waals surface area (Å²) in [6.45, 7) is 3.51. The topological polar surface area (TPSA) is 20.2 Å². The lowest BCUT2D eigenvalue weighted by Gasteiger charge is -2.19. The third-order valence-corrected chi connectivity index (χ3v) is 3.65. The first-order valence-electron chi connectivity index (χ1n) is 6.04. The Kier molecular flexibility index (Phi) is 3.29. The minimum atomic E-state index is -0.416. The molecule has 1 fully saturated rings. The lowest BCUT2D eigenvalue weighted by molar-refractivity contribution is 0.111. The van der Waals surface area contributed by atoms with Gasteiger partial charge in [-0.25, -0.2) is 4.39 Å². The van der Waals surface area contributed by atoms with E-state index >= 15 is 0 Å². The molecule has 1 aromatic rings. The molecule has 0 spiro atoms. The second-order valence-electron chi connectivity index (χ2n) is 4.96. The summed E-state index contributed by atoms with van der Waals surface area (Å²) in [6.07, 6.45) is 4.19. The van der Waals surface area contributed by atoms with E-state index < -0.39 is 6.10 Å². The van der Waals surface area contributed by atoms with Crippen LogP contribution in [0.3, 0.4) is 0 Å². The van der Waals surface area contributed by atoms with Crippen molar-refractivity contribution >= 4 is 0 Å². The SMILES string of the molecule is Cc1cc(C(O)C2CCCC2)cc(C)c1F. The van der Waals surface area contributed by atoms with E-state index in [1.165, 1.54) is 12.8 Å². The van der Waals surface area contributed by atoms with Crippen molar-refractivity contribution in [3.8, 4) is 0 Å². The van der Waals surface area contributed by atoms with Gasteiger partial charge < -0.3 is 5.11 Å². The van der Waals surface area contributed by atoms with Gasteiger partial charge in [0.1, 0.15) is 5.82 Å². The number of aliphatic hydroxyl groups excluding tert-OH is 1. The van der Waals surface area contributed by atoms with Crippen LogP contribution in [0.25, 0.3) is 0 Å². The van der Waals surface area contributed by atoms with Crippen molar-refractivity contribution in [2.75, 3.05) is 0 Å². The molecule has 1 nitrogen and oxygen atoms in total. The Morgan fingerprint density at radius 1 is 1.19 bits per heavy atom. The standard InChI is InChI=1S/C14H19FO/c1-9-7-12(8-10(2)13(9)15)14(16)11-5-3-4-6-11/h7-8,11,14,16H,3-6H2,1-2H3. The van der Waals surface area contributed by atoms with E-state index in [1.54, 1.807) is 26.0 Å². The lowest BCUT2D eigenvalue weighted by atomic mass is 9.92. The molecule has 2 rings (SSSR count). The van der Waals surface area contributed by atoms with Crippen LogP contribution in [0.5, 0.6) is 0 Å². The monoisotopic (exact) mass is 222 g/mol. The largest absolute Gasteiger partial charge is 0.388 e. The van der Waals surface area contributed by atoms with Crippen LogP contribution in [0.1, 0.15) is 48.5 Å². The molecular formula is C14H19FO. The number of benzene rings is 1. The Morgan fingerprint density at radius 2 is 1.69 bits per heavy atom. The summed E-state index contributed by atoms with van der Waals surface area (Å²) in [6, 6.07) is 3.57. The zero-order valence-electron chi connectivity index (χ0n) is 9.96. The zero-order chi connectivity index (χ0) is 11.7. The Morgan fingerprint density at radius 3 is 2.19 bits per heavy atom. The highest BCUT2D eigenvalue weighted by Gasteiger charge is 2.25. The maximum atomic E-state index is 13.5. The number of hydrogen-bond donors (Lipinski definition) is 1. The maximum absolute atomic E-state index is 13.5. The van der Waals surface area contributed by atoms with E-state index in [0.29, 0.717) is 17.0 Å². The Labute approximate surface area is 96.3 Å². The predicted molar refractivity (Wildman–Crippen MR) is 62.8 cm³/mol. The van der Waals surface area contributed by atoms with Gasteiger partial charge in [-0.05, 0) is 49.3 Å². The van der Waals surface area contributed by atoms with Crippen LogP contribution in [-0.2, 0) is 0 Å². The van der Waals surface area contributed by atoms with Gasteiger partial charge in [0.05, 0.1) is 6.10 Å². The second-order valence-corrected chi connectivity index (χ2v) is 4.96. The molecular weight excluding hydrogens is 203 g/mol.